The van der Waals surface area contributed by atoms with Crippen LogP contribution in [-0.2, 0) is 10.0 Å². The number of sulfonamides is 1. The van der Waals surface area contributed by atoms with Gasteiger partial charge in [-0.05, 0) is 17.7 Å². The highest BCUT2D eigenvalue weighted by molar-refractivity contribution is 7.92. The first-order chi connectivity index (χ1) is 7.43. The Morgan fingerprint density at radius 3 is 2.81 bits per heavy atom. The molecule has 0 bridgehead atoms. The predicted octanol–water partition coefficient (Wildman–Crippen LogP) is 0.124. The molecule has 16 heavy (non-hydrogen) atoms. The molecule has 6 heteroatoms. The zero-order chi connectivity index (χ0) is 11.9. The van der Waals surface area contributed by atoms with Crippen molar-refractivity contribution in [1.29, 1.82) is 0 Å². The van der Waals surface area contributed by atoms with Gasteiger partial charge >= 0.3 is 0 Å². The summed E-state index contributed by atoms with van der Waals surface area (Å²) in [5.41, 5.74) is 7.58. The molecule has 1 atom stereocenters. The molecule has 1 aliphatic rings. The smallest absolute Gasteiger partial charge is 0.232 e. The first-order valence-electron chi connectivity index (χ1n) is 4.91. The Kier molecular flexibility index (Phi) is 2.55. The van der Waals surface area contributed by atoms with Gasteiger partial charge < -0.3 is 10.8 Å². The zero-order valence-electron chi connectivity index (χ0n) is 8.92. The van der Waals surface area contributed by atoms with E-state index in [1.54, 1.807) is 18.2 Å². The second-order valence-corrected chi connectivity index (χ2v) is 5.90. The summed E-state index contributed by atoms with van der Waals surface area (Å²) in [6.07, 6.45) is 1.15. The fourth-order valence-corrected chi connectivity index (χ4v) is 2.96. The molecule has 0 aromatic heterocycles. The van der Waals surface area contributed by atoms with E-state index in [4.69, 9.17) is 5.73 Å². The fourth-order valence-electron chi connectivity index (χ4n) is 1.99. The van der Waals surface area contributed by atoms with Crippen LogP contribution in [0.2, 0.25) is 0 Å². The molecular formula is C10H14N2O3S. The van der Waals surface area contributed by atoms with Crippen molar-refractivity contribution in [3.05, 3.63) is 23.8 Å². The van der Waals surface area contributed by atoms with Crippen molar-refractivity contribution in [2.75, 3.05) is 29.4 Å². The van der Waals surface area contributed by atoms with Crippen molar-refractivity contribution < 1.29 is 13.5 Å². The van der Waals surface area contributed by atoms with Crippen LogP contribution in [0.4, 0.5) is 11.4 Å². The lowest BCUT2D eigenvalue weighted by molar-refractivity contribution is 0.272. The second kappa shape index (κ2) is 3.64. The quantitative estimate of drug-likeness (QED) is 0.722. The summed E-state index contributed by atoms with van der Waals surface area (Å²) in [4.78, 5) is 0. The second-order valence-electron chi connectivity index (χ2n) is 3.99. The Balaban J connectivity index is 2.56. The molecule has 1 aromatic rings. The predicted molar refractivity (Wildman–Crippen MR) is 62.9 cm³/mol. The Bertz CT molecular complexity index is 513. The average molecular weight is 242 g/mol. The Labute approximate surface area is 94.5 Å². The van der Waals surface area contributed by atoms with E-state index in [1.807, 2.05) is 0 Å². The molecule has 5 nitrogen and oxygen atoms in total. The third-order valence-electron chi connectivity index (χ3n) is 2.77. The normalized spacial score (nSPS) is 19.9. The van der Waals surface area contributed by atoms with Gasteiger partial charge in [0, 0.05) is 18.2 Å². The molecule has 0 amide bonds. The number of nitrogens with zero attached hydrogens (tertiary/aromatic N) is 1. The third-order valence-corrected chi connectivity index (χ3v) is 3.92. The van der Waals surface area contributed by atoms with Gasteiger partial charge in [0.05, 0.1) is 18.6 Å². The van der Waals surface area contributed by atoms with E-state index in [0.29, 0.717) is 11.4 Å². The summed E-state index contributed by atoms with van der Waals surface area (Å²) in [5.74, 6) is -0.162. The minimum atomic E-state index is -3.31. The van der Waals surface area contributed by atoms with E-state index in [1.165, 1.54) is 4.31 Å². The highest BCUT2D eigenvalue weighted by atomic mass is 32.2. The number of hydrogen-bond donors (Lipinski definition) is 2. The van der Waals surface area contributed by atoms with Crippen molar-refractivity contribution in [2.45, 2.75) is 5.92 Å². The topological polar surface area (TPSA) is 83.6 Å². The van der Waals surface area contributed by atoms with Gasteiger partial charge in [0.25, 0.3) is 0 Å². The third kappa shape index (κ3) is 1.74. The molecular weight excluding hydrogens is 228 g/mol. The van der Waals surface area contributed by atoms with Crippen LogP contribution in [0.5, 0.6) is 0 Å². The molecule has 0 saturated carbocycles. The monoisotopic (exact) mass is 242 g/mol. The first-order valence-corrected chi connectivity index (χ1v) is 6.76. The number of nitrogen functional groups attached to an aromatic ring is 1. The lowest BCUT2D eigenvalue weighted by Crippen LogP contribution is -2.29. The van der Waals surface area contributed by atoms with Crippen molar-refractivity contribution in [2.24, 2.45) is 0 Å². The summed E-state index contributed by atoms with van der Waals surface area (Å²) in [6, 6.07) is 5.12. The number of benzene rings is 1. The van der Waals surface area contributed by atoms with Gasteiger partial charge in [0.1, 0.15) is 0 Å². The van der Waals surface area contributed by atoms with Gasteiger partial charge in [-0.3, -0.25) is 4.31 Å². The van der Waals surface area contributed by atoms with Crippen LogP contribution in [0.3, 0.4) is 0 Å². The number of nitrogens with two attached hydrogens (primary N) is 1. The molecule has 1 unspecified atom stereocenters. The van der Waals surface area contributed by atoms with Gasteiger partial charge in [0.2, 0.25) is 10.0 Å². The summed E-state index contributed by atoms with van der Waals surface area (Å²) < 4.78 is 24.4. The molecule has 3 N–H and O–H groups in total. The number of fused-ring (bicyclic) bond motifs is 1. The van der Waals surface area contributed by atoms with Crippen LogP contribution < -0.4 is 10.0 Å². The highest BCUT2D eigenvalue weighted by Gasteiger charge is 2.33. The molecule has 2 rings (SSSR count). The van der Waals surface area contributed by atoms with Gasteiger partial charge in [-0.2, -0.15) is 0 Å². The van der Waals surface area contributed by atoms with Crippen molar-refractivity contribution in [1.82, 2.24) is 0 Å². The molecule has 0 spiro atoms. The summed E-state index contributed by atoms with van der Waals surface area (Å²) in [5, 5.41) is 9.21. The number of anilines is 2. The van der Waals surface area contributed by atoms with Crippen LogP contribution >= 0.6 is 0 Å². The fraction of sp³-hybridized carbons (Fsp3) is 0.400. The maximum absolute atomic E-state index is 11.6. The van der Waals surface area contributed by atoms with Crippen LogP contribution in [-0.4, -0.2) is 32.9 Å². The zero-order valence-corrected chi connectivity index (χ0v) is 9.74. The Morgan fingerprint density at radius 2 is 2.25 bits per heavy atom. The van der Waals surface area contributed by atoms with Crippen LogP contribution in [0, 0.1) is 0 Å². The standard InChI is InChI=1S/C10H14N2O3S/c1-16(14,15)12-5-7(6-13)9-3-2-8(11)4-10(9)12/h2-4,7,13H,5-6,11H2,1H3. The van der Waals surface area contributed by atoms with E-state index >= 15 is 0 Å². The minimum absolute atomic E-state index is 0.0665. The number of hydrogen-bond acceptors (Lipinski definition) is 4. The van der Waals surface area contributed by atoms with E-state index in [2.05, 4.69) is 0 Å². The highest BCUT2D eigenvalue weighted by Crippen LogP contribution is 2.38. The summed E-state index contributed by atoms with van der Waals surface area (Å²) >= 11 is 0. The van der Waals surface area contributed by atoms with Gasteiger partial charge in [-0.15, -0.1) is 0 Å². The number of aliphatic hydroxyl groups is 1. The van der Waals surface area contributed by atoms with Gasteiger partial charge in [0.15, 0.2) is 0 Å². The van der Waals surface area contributed by atoms with E-state index in [9.17, 15) is 13.5 Å². The lowest BCUT2D eigenvalue weighted by Gasteiger charge is -2.16. The summed E-state index contributed by atoms with van der Waals surface area (Å²) in [7, 11) is -3.31. The molecule has 0 saturated heterocycles. The first kappa shape index (κ1) is 11.2. The molecule has 1 heterocycles. The SMILES string of the molecule is CS(=O)(=O)N1CC(CO)c2ccc(N)cc21. The molecule has 0 radical (unpaired) electrons. The number of rotatable bonds is 2. The maximum atomic E-state index is 11.6. The van der Waals surface area contributed by atoms with Crippen molar-refractivity contribution >= 4 is 21.4 Å². The van der Waals surface area contributed by atoms with Crippen molar-refractivity contribution in [3.8, 4) is 0 Å². The molecule has 1 aromatic carbocycles. The molecule has 1 aliphatic heterocycles. The van der Waals surface area contributed by atoms with Gasteiger partial charge in [-0.25, -0.2) is 8.42 Å². The molecule has 0 fully saturated rings. The van der Waals surface area contributed by atoms with E-state index < -0.39 is 10.0 Å². The van der Waals surface area contributed by atoms with Crippen LogP contribution in [0.1, 0.15) is 11.5 Å². The van der Waals surface area contributed by atoms with Crippen LogP contribution in [0.25, 0.3) is 0 Å². The lowest BCUT2D eigenvalue weighted by atomic mass is 10.0. The molecule has 0 aliphatic carbocycles. The Hall–Kier alpha value is -1.27. The van der Waals surface area contributed by atoms with Gasteiger partial charge in [-0.1, -0.05) is 6.07 Å². The largest absolute Gasteiger partial charge is 0.399 e. The Morgan fingerprint density at radius 1 is 1.56 bits per heavy atom. The summed E-state index contributed by atoms with van der Waals surface area (Å²) in [6.45, 7) is 0.219. The average Bonchev–Trinajstić information content (AvgIpc) is 2.54. The maximum Gasteiger partial charge on any atom is 0.232 e. The van der Waals surface area contributed by atoms with Crippen molar-refractivity contribution in [3.63, 3.8) is 0 Å². The number of aliphatic hydroxyl groups excluding tert-OH is 1. The van der Waals surface area contributed by atoms with E-state index in [0.717, 1.165) is 11.8 Å². The van der Waals surface area contributed by atoms with Crippen LogP contribution in [0.15, 0.2) is 18.2 Å². The molecule has 88 valence electrons. The minimum Gasteiger partial charge on any atom is -0.399 e. The van der Waals surface area contributed by atoms with E-state index in [-0.39, 0.29) is 19.1 Å².